The molecule has 1 aromatic carbocycles. The van der Waals surface area contributed by atoms with Crippen LogP contribution in [0.3, 0.4) is 0 Å². The molecular weight excluding hydrogens is 264 g/mol. The molecule has 5 heteroatoms. The van der Waals surface area contributed by atoms with E-state index in [9.17, 15) is 9.90 Å². The molecule has 1 saturated heterocycles. The summed E-state index contributed by atoms with van der Waals surface area (Å²) in [6.07, 6.45) is -0.903. The third kappa shape index (κ3) is 3.93. The van der Waals surface area contributed by atoms with Crippen LogP contribution in [-0.4, -0.2) is 53.1 Å². The van der Waals surface area contributed by atoms with Gasteiger partial charge in [-0.1, -0.05) is 23.7 Å². The Morgan fingerprint density at radius 1 is 1.37 bits per heavy atom. The zero-order chi connectivity index (χ0) is 13.8. The van der Waals surface area contributed by atoms with Crippen molar-refractivity contribution in [2.45, 2.75) is 19.6 Å². The van der Waals surface area contributed by atoms with E-state index >= 15 is 0 Å². The molecular formula is C14H19ClN2O2. The molecule has 4 nitrogen and oxygen atoms in total. The van der Waals surface area contributed by atoms with Crippen LogP contribution in [0, 0.1) is 0 Å². The predicted octanol–water partition coefficient (Wildman–Crippen LogP) is 1.36. The topological polar surface area (TPSA) is 43.8 Å². The van der Waals surface area contributed by atoms with Gasteiger partial charge in [0.25, 0.3) is 5.91 Å². The van der Waals surface area contributed by atoms with Crippen LogP contribution in [0.4, 0.5) is 0 Å². The fourth-order valence-corrected chi connectivity index (χ4v) is 2.50. The van der Waals surface area contributed by atoms with Gasteiger partial charge in [-0.25, -0.2) is 0 Å². The Morgan fingerprint density at radius 2 is 2.05 bits per heavy atom. The van der Waals surface area contributed by atoms with Crippen molar-refractivity contribution >= 4 is 17.5 Å². The van der Waals surface area contributed by atoms with Crippen molar-refractivity contribution in [1.82, 2.24) is 9.80 Å². The number of hydrogen-bond donors (Lipinski definition) is 1. The monoisotopic (exact) mass is 282 g/mol. The van der Waals surface area contributed by atoms with E-state index < -0.39 is 6.10 Å². The molecule has 2 rings (SSSR count). The Bertz CT molecular complexity index is 443. The normalized spacial score (nSPS) is 18.4. The SMILES string of the molecule is CC(O)C(=O)N1CCN(Cc2cccc(Cl)c2)CC1. The lowest BCUT2D eigenvalue weighted by Crippen LogP contribution is -2.50. The van der Waals surface area contributed by atoms with Gasteiger partial charge in [0.1, 0.15) is 6.10 Å². The van der Waals surface area contributed by atoms with E-state index in [0.29, 0.717) is 13.1 Å². The van der Waals surface area contributed by atoms with E-state index in [2.05, 4.69) is 11.0 Å². The maximum Gasteiger partial charge on any atom is 0.251 e. The second-order valence-electron chi connectivity index (χ2n) is 4.91. The molecule has 1 fully saturated rings. The number of carbonyl (C=O) groups is 1. The lowest BCUT2D eigenvalue weighted by atomic mass is 10.2. The summed E-state index contributed by atoms with van der Waals surface area (Å²) in [6, 6.07) is 7.84. The second-order valence-corrected chi connectivity index (χ2v) is 5.34. The average molecular weight is 283 g/mol. The van der Waals surface area contributed by atoms with Crippen LogP contribution in [0.25, 0.3) is 0 Å². The van der Waals surface area contributed by atoms with Gasteiger partial charge >= 0.3 is 0 Å². The van der Waals surface area contributed by atoms with Crippen molar-refractivity contribution in [1.29, 1.82) is 0 Å². The van der Waals surface area contributed by atoms with Gasteiger partial charge < -0.3 is 10.0 Å². The van der Waals surface area contributed by atoms with Crippen molar-refractivity contribution < 1.29 is 9.90 Å². The van der Waals surface area contributed by atoms with Crippen LogP contribution in [0.2, 0.25) is 5.02 Å². The highest BCUT2D eigenvalue weighted by Crippen LogP contribution is 2.14. The summed E-state index contributed by atoms with van der Waals surface area (Å²) in [5, 5.41) is 10.0. The summed E-state index contributed by atoms with van der Waals surface area (Å²) in [7, 11) is 0. The van der Waals surface area contributed by atoms with Crippen molar-refractivity contribution in [2.24, 2.45) is 0 Å². The van der Waals surface area contributed by atoms with E-state index in [1.165, 1.54) is 12.5 Å². The molecule has 1 amide bonds. The van der Waals surface area contributed by atoms with Crippen LogP contribution in [0.5, 0.6) is 0 Å². The molecule has 19 heavy (non-hydrogen) atoms. The zero-order valence-electron chi connectivity index (χ0n) is 11.1. The number of rotatable bonds is 3. The van der Waals surface area contributed by atoms with Crippen molar-refractivity contribution in [3.05, 3.63) is 34.9 Å². The highest BCUT2D eigenvalue weighted by Gasteiger charge is 2.23. The summed E-state index contributed by atoms with van der Waals surface area (Å²) in [4.78, 5) is 15.7. The number of piperazine rings is 1. The molecule has 1 unspecified atom stereocenters. The third-order valence-electron chi connectivity index (χ3n) is 3.34. The molecule has 1 atom stereocenters. The number of amides is 1. The Kier molecular flexibility index (Phi) is 4.80. The van der Waals surface area contributed by atoms with Crippen LogP contribution < -0.4 is 0 Å². The van der Waals surface area contributed by atoms with E-state index in [4.69, 9.17) is 11.6 Å². The van der Waals surface area contributed by atoms with Gasteiger partial charge in [-0.05, 0) is 24.6 Å². The highest BCUT2D eigenvalue weighted by molar-refractivity contribution is 6.30. The van der Waals surface area contributed by atoms with E-state index in [-0.39, 0.29) is 5.91 Å². The number of hydrogen-bond acceptors (Lipinski definition) is 3. The molecule has 0 saturated carbocycles. The summed E-state index contributed by atoms with van der Waals surface area (Å²) in [6.45, 7) is 5.35. The molecule has 1 aliphatic heterocycles. The summed E-state index contributed by atoms with van der Waals surface area (Å²) < 4.78 is 0. The van der Waals surface area contributed by atoms with Crippen LogP contribution in [0.15, 0.2) is 24.3 Å². The fraction of sp³-hybridized carbons (Fsp3) is 0.500. The Labute approximate surface area is 118 Å². The van der Waals surface area contributed by atoms with Crippen LogP contribution >= 0.6 is 11.6 Å². The van der Waals surface area contributed by atoms with Gasteiger partial charge in [0.05, 0.1) is 0 Å². The van der Waals surface area contributed by atoms with Crippen LogP contribution in [0.1, 0.15) is 12.5 Å². The minimum Gasteiger partial charge on any atom is -0.384 e. The molecule has 1 aromatic rings. The summed E-state index contributed by atoms with van der Waals surface area (Å²) in [5.41, 5.74) is 1.18. The lowest BCUT2D eigenvalue weighted by Gasteiger charge is -2.35. The number of aliphatic hydroxyl groups is 1. The highest BCUT2D eigenvalue weighted by atomic mass is 35.5. The molecule has 1 aliphatic rings. The molecule has 0 spiro atoms. The van der Waals surface area contributed by atoms with Gasteiger partial charge in [0.15, 0.2) is 0 Å². The standard InChI is InChI=1S/C14H19ClN2O2/c1-11(18)14(19)17-7-5-16(6-8-17)10-12-3-2-4-13(15)9-12/h2-4,9,11,18H,5-8,10H2,1H3. The smallest absolute Gasteiger partial charge is 0.251 e. The number of halogens is 1. The second kappa shape index (κ2) is 6.37. The minimum atomic E-state index is -0.903. The van der Waals surface area contributed by atoms with Crippen molar-refractivity contribution in [3.8, 4) is 0 Å². The summed E-state index contributed by atoms with van der Waals surface area (Å²) in [5.74, 6) is -0.178. The first-order valence-corrected chi connectivity index (χ1v) is 6.87. The predicted molar refractivity (Wildman–Crippen MR) is 75.0 cm³/mol. The van der Waals surface area contributed by atoms with Crippen molar-refractivity contribution in [2.75, 3.05) is 26.2 Å². The maximum absolute atomic E-state index is 11.6. The Hall–Kier alpha value is -1.10. The number of aliphatic hydroxyl groups excluding tert-OH is 1. The van der Waals surface area contributed by atoms with E-state index in [1.54, 1.807) is 4.90 Å². The summed E-state index contributed by atoms with van der Waals surface area (Å²) >= 11 is 5.96. The molecule has 104 valence electrons. The third-order valence-corrected chi connectivity index (χ3v) is 3.57. The first kappa shape index (κ1) is 14.3. The Morgan fingerprint density at radius 3 is 2.63 bits per heavy atom. The molecule has 1 heterocycles. The van der Waals surface area contributed by atoms with Gasteiger partial charge in [-0.15, -0.1) is 0 Å². The zero-order valence-corrected chi connectivity index (χ0v) is 11.8. The minimum absolute atomic E-state index is 0.178. The Balaban J connectivity index is 1.85. The van der Waals surface area contributed by atoms with Gasteiger partial charge in [-0.3, -0.25) is 9.69 Å². The van der Waals surface area contributed by atoms with Crippen molar-refractivity contribution in [3.63, 3.8) is 0 Å². The lowest BCUT2D eigenvalue weighted by molar-refractivity contribution is -0.141. The molecule has 1 N–H and O–H groups in total. The molecule has 0 bridgehead atoms. The molecule has 0 radical (unpaired) electrons. The number of benzene rings is 1. The molecule has 0 aromatic heterocycles. The average Bonchev–Trinajstić information content (AvgIpc) is 2.39. The molecule has 0 aliphatic carbocycles. The quantitative estimate of drug-likeness (QED) is 0.911. The fourth-order valence-electron chi connectivity index (χ4n) is 2.28. The first-order chi connectivity index (χ1) is 9.06. The largest absolute Gasteiger partial charge is 0.384 e. The maximum atomic E-state index is 11.6. The first-order valence-electron chi connectivity index (χ1n) is 6.50. The van der Waals surface area contributed by atoms with Gasteiger partial charge in [-0.2, -0.15) is 0 Å². The van der Waals surface area contributed by atoms with E-state index in [1.807, 2.05) is 18.2 Å². The number of nitrogens with zero attached hydrogens (tertiary/aromatic N) is 2. The van der Waals surface area contributed by atoms with Gasteiger partial charge in [0.2, 0.25) is 0 Å². The number of carbonyl (C=O) groups excluding carboxylic acids is 1. The van der Waals surface area contributed by atoms with E-state index in [0.717, 1.165) is 24.7 Å². The van der Waals surface area contributed by atoms with Gasteiger partial charge in [0, 0.05) is 37.7 Å². The van der Waals surface area contributed by atoms with Crippen LogP contribution in [-0.2, 0) is 11.3 Å².